The maximum atomic E-state index is 12.4. The highest BCUT2D eigenvalue weighted by atomic mass is 16.3. The largest absolute Gasteiger partial charge is 0.394 e. The molecule has 1 fully saturated rings. The molecule has 0 aromatic heterocycles. The van der Waals surface area contributed by atoms with Crippen molar-refractivity contribution in [2.24, 2.45) is 0 Å². The number of rotatable bonds is 2. The second kappa shape index (κ2) is 4.73. The van der Waals surface area contributed by atoms with Crippen molar-refractivity contribution in [2.75, 3.05) is 13.2 Å². The fourth-order valence-electron chi connectivity index (χ4n) is 3.16. The van der Waals surface area contributed by atoms with Crippen LogP contribution in [0.4, 0.5) is 0 Å². The highest BCUT2D eigenvalue weighted by Crippen LogP contribution is 2.25. The average molecular weight is 245 g/mol. The molecular weight excluding hydrogens is 226 g/mol. The average Bonchev–Trinajstić information content (AvgIpc) is 3.05. The van der Waals surface area contributed by atoms with Gasteiger partial charge >= 0.3 is 0 Å². The number of carbonyl (C=O) groups is 1. The lowest BCUT2D eigenvalue weighted by molar-refractivity contribution is 0.0677. The van der Waals surface area contributed by atoms with Crippen molar-refractivity contribution in [1.82, 2.24) is 4.90 Å². The molecule has 18 heavy (non-hydrogen) atoms. The van der Waals surface area contributed by atoms with E-state index in [9.17, 15) is 9.90 Å². The van der Waals surface area contributed by atoms with E-state index in [2.05, 4.69) is 12.1 Å². The molecule has 2 aliphatic rings. The molecule has 0 saturated carbocycles. The second-order valence-corrected chi connectivity index (χ2v) is 5.31. The van der Waals surface area contributed by atoms with Gasteiger partial charge in [-0.1, -0.05) is 6.07 Å². The zero-order valence-corrected chi connectivity index (χ0v) is 10.6. The Hall–Kier alpha value is -1.35. The lowest BCUT2D eigenvalue weighted by Crippen LogP contribution is -2.37. The summed E-state index contributed by atoms with van der Waals surface area (Å²) < 4.78 is 0. The first-order chi connectivity index (χ1) is 8.79. The Bertz CT molecular complexity index is 470. The summed E-state index contributed by atoms with van der Waals surface area (Å²) in [5, 5.41) is 9.29. The van der Waals surface area contributed by atoms with Gasteiger partial charge in [0, 0.05) is 12.1 Å². The molecular formula is C15H19NO2. The minimum Gasteiger partial charge on any atom is -0.394 e. The number of hydrogen-bond acceptors (Lipinski definition) is 2. The Kier molecular flexibility index (Phi) is 3.08. The summed E-state index contributed by atoms with van der Waals surface area (Å²) in [6, 6.07) is 6.11. The van der Waals surface area contributed by atoms with Crippen LogP contribution in [0.2, 0.25) is 0 Å². The zero-order valence-electron chi connectivity index (χ0n) is 10.6. The standard InChI is InChI=1S/C15H19NO2/c17-10-14-5-2-8-16(14)15(18)13-7-6-11-3-1-4-12(11)9-13/h6-7,9,14,17H,1-5,8,10H2. The van der Waals surface area contributed by atoms with E-state index >= 15 is 0 Å². The molecule has 0 bridgehead atoms. The van der Waals surface area contributed by atoms with Crippen LogP contribution in [0.1, 0.15) is 40.7 Å². The van der Waals surface area contributed by atoms with Gasteiger partial charge in [0.1, 0.15) is 0 Å². The van der Waals surface area contributed by atoms with Gasteiger partial charge < -0.3 is 10.0 Å². The molecule has 1 aromatic rings. The first-order valence-electron chi connectivity index (χ1n) is 6.83. The SMILES string of the molecule is O=C(c1ccc2c(c1)CCC2)N1CCCC1CO. The van der Waals surface area contributed by atoms with E-state index in [1.54, 1.807) is 0 Å². The van der Waals surface area contributed by atoms with Gasteiger partial charge in [-0.25, -0.2) is 0 Å². The second-order valence-electron chi connectivity index (χ2n) is 5.31. The molecule has 1 atom stereocenters. The molecule has 1 aliphatic carbocycles. The fraction of sp³-hybridized carbons (Fsp3) is 0.533. The number of hydrogen-bond donors (Lipinski definition) is 1. The Morgan fingerprint density at radius 1 is 1.28 bits per heavy atom. The van der Waals surface area contributed by atoms with Crippen LogP contribution in [0.25, 0.3) is 0 Å². The zero-order chi connectivity index (χ0) is 12.5. The van der Waals surface area contributed by atoms with Crippen molar-refractivity contribution in [2.45, 2.75) is 38.1 Å². The van der Waals surface area contributed by atoms with E-state index in [4.69, 9.17) is 0 Å². The van der Waals surface area contributed by atoms with Crippen LogP contribution >= 0.6 is 0 Å². The molecule has 3 heteroatoms. The van der Waals surface area contributed by atoms with Crippen LogP contribution in [0.15, 0.2) is 18.2 Å². The van der Waals surface area contributed by atoms with Crippen LogP contribution in [-0.2, 0) is 12.8 Å². The number of aliphatic hydroxyl groups is 1. The van der Waals surface area contributed by atoms with Crippen LogP contribution in [0.5, 0.6) is 0 Å². The van der Waals surface area contributed by atoms with Crippen LogP contribution in [-0.4, -0.2) is 35.1 Å². The van der Waals surface area contributed by atoms with E-state index in [1.165, 1.54) is 17.5 Å². The van der Waals surface area contributed by atoms with Crippen molar-refractivity contribution in [3.63, 3.8) is 0 Å². The summed E-state index contributed by atoms with van der Waals surface area (Å²) in [4.78, 5) is 14.3. The number of likely N-dealkylation sites (tertiary alicyclic amines) is 1. The van der Waals surface area contributed by atoms with Gasteiger partial charge in [-0.2, -0.15) is 0 Å². The maximum absolute atomic E-state index is 12.4. The molecule has 0 radical (unpaired) electrons. The van der Waals surface area contributed by atoms with Crippen molar-refractivity contribution >= 4 is 5.91 Å². The summed E-state index contributed by atoms with van der Waals surface area (Å²) in [5.41, 5.74) is 3.52. The Labute approximate surface area is 107 Å². The molecule has 3 rings (SSSR count). The van der Waals surface area contributed by atoms with Gasteiger partial charge in [0.2, 0.25) is 0 Å². The van der Waals surface area contributed by atoms with E-state index in [0.717, 1.165) is 37.8 Å². The predicted octanol–water partition coefficient (Wildman–Crippen LogP) is 1.77. The number of fused-ring (bicyclic) bond motifs is 1. The van der Waals surface area contributed by atoms with Crippen molar-refractivity contribution in [3.05, 3.63) is 34.9 Å². The monoisotopic (exact) mass is 245 g/mol. The van der Waals surface area contributed by atoms with Crippen molar-refractivity contribution in [3.8, 4) is 0 Å². The van der Waals surface area contributed by atoms with E-state index in [-0.39, 0.29) is 18.6 Å². The lowest BCUT2D eigenvalue weighted by Gasteiger charge is -2.23. The van der Waals surface area contributed by atoms with Gasteiger partial charge in [-0.15, -0.1) is 0 Å². The summed E-state index contributed by atoms with van der Waals surface area (Å²) in [5.74, 6) is 0.0845. The predicted molar refractivity (Wildman–Crippen MR) is 69.6 cm³/mol. The number of aliphatic hydroxyl groups excluding tert-OH is 1. The van der Waals surface area contributed by atoms with Crippen LogP contribution < -0.4 is 0 Å². The van der Waals surface area contributed by atoms with Gasteiger partial charge in [0.15, 0.2) is 0 Å². The Morgan fingerprint density at radius 3 is 2.94 bits per heavy atom. The lowest BCUT2D eigenvalue weighted by atomic mass is 10.1. The third kappa shape index (κ3) is 1.93. The summed E-state index contributed by atoms with van der Waals surface area (Å²) in [6.07, 6.45) is 5.37. The maximum Gasteiger partial charge on any atom is 0.254 e. The quantitative estimate of drug-likeness (QED) is 0.862. The molecule has 3 nitrogen and oxygen atoms in total. The van der Waals surface area contributed by atoms with Gasteiger partial charge in [0.25, 0.3) is 5.91 Å². The fourth-order valence-corrected chi connectivity index (χ4v) is 3.16. The number of nitrogens with zero attached hydrogens (tertiary/aromatic N) is 1. The smallest absolute Gasteiger partial charge is 0.254 e. The molecule has 1 aliphatic heterocycles. The number of carbonyl (C=O) groups excluding carboxylic acids is 1. The van der Waals surface area contributed by atoms with E-state index in [1.807, 2.05) is 11.0 Å². The summed E-state index contributed by atoms with van der Waals surface area (Å²) in [7, 11) is 0. The first-order valence-corrected chi connectivity index (χ1v) is 6.83. The number of benzene rings is 1. The molecule has 1 unspecified atom stereocenters. The van der Waals surface area contributed by atoms with Crippen LogP contribution in [0.3, 0.4) is 0 Å². The van der Waals surface area contributed by atoms with Crippen LogP contribution in [0, 0.1) is 0 Å². The van der Waals surface area contributed by atoms with Gasteiger partial charge in [0.05, 0.1) is 12.6 Å². The summed E-state index contributed by atoms with van der Waals surface area (Å²) >= 11 is 0. The molecule has 96 valence electrons. The third-order valence-corrected chi connectivity index (χ3v) is 4.19. The van der Waals surface area contributed by atoms with E-state index in [0.29, 0.717) is 0 Å². The number of amides is 1. The topological polar surface area (TPSA) is 40.5 Å². The molecule has 1 saturated heterocycles. The minimum atomic E-state index is 0.0192. The molecule has 1 N–H and O–H groups in total. The van der Waals surface area contributed by atoms with E-state index < -0.39 is 0 Å². The molecule has 0 spiro atoms. The Balaban J connectivity index is 1.84. The van der Waals surface area contributed by atoms with Crippen molar-refractivity contribution < 1.29 is 9.90 Å². The van der Waals surface area contributed by atoms with Crippen molar-refractivity contribution in [1.29, 1.82) is 0 Å². The highest BCUT2D eigenvalue weighted by Gasteiger charge is 2.29. The minimum absolute atomic E-state index is 0.0192. The number of aryl methyl sites for hydroxylation is 2. The highest BCUT2D eigenvalue weighted by molar-refractivity contribution is 5.95. The molecule has 1 amide bonds. The Morgan fingerprint density at radius 2 is 2.11 bits per heavy atom. The molecule has 1 aromatic carbocycles. The summed E-state index contributed by atoms with van der Waals surface area (Å²) in [6.45, 7) is 0.859. The normalized spacial score (nSPS) is 22.3. The molecule has 1 heterocycles. The van der Waals surface area contributed by atoms with Gasteiger partial charge in [-0.3, -0.25) is 4.79 Å². The first kappa shape index (κ1) is 11.7. The third-order valence-electron chi connectivity index (χ3n) is 4.19. The van der Waals surface area contributed by atoms with Gasteiger partial charge in [-0.05, 0) is 55.4 Å².